The Kier molecular flexibility index (Phi) is 5.86. The van der Waals surface area contributed by atoms with Crippen molar-refractivity contribution < 1.29 is 9.53 Å². The summed E-state index contributed by atoms with van der Waals surface area (Å²) in [7, 11) is 1.62. The number of Topliss-reactive ketones (excluding diaryl/α,β-unsaturated/α-hetero) is 1. The lowest BCUT2D eigenvalue weighted by atomic mass is 9.89. The highest BCUT2D eigenvalue weighted by atomic mass is 32.1. The zero-order valence-electron chi connectivity index (χ0n) is 15.2. The standard InChI is InChI=1S/C20H26N2O2S/c1-14(2)17-13-25-19(21-17)12-22-10-6-7-15(11-22)20(23)16-8-4-5-9-18(16)24-3/h4-5,8-9,13-15H,6-7,10-12H2,1-3H3. The quantitative estimate of drug-likeness (QED) is 0.719. The number of piperidine rings is 1. The van der Waals surface area contributed by atoms with Crippen molar-refractivity contribution in [2.24, 2.45) is 5.92 Å². The van der Waals surface area contributed by atoms with Gasteiger partial charge in [-0.15, -0.1) is 11.3 Å². The molecule has 1 unspecified atom stereocenters. The average molecular weight is 359 g/mol. The predicted molar refractivity (Wildman–Crippen MR) is 102 cm³/mol. The Morgan fingerprint density at radius 3 is 2.92 bits per heavy atom. The van der Waals surface area contributed by atoms with Gasteiger partial charge in [0.05, 0.1) is 24.9 Å². The smallest absolute Gasteiger partial charge is 0.170 e. The molecule has 134 valence electrons. The van der Waals surface area contributed by atoms with Crippen LogP contribution in [0.5, 0.6) is 5.75 Å². The highest BCUT2D eigenvalue weighted by molar-refractivity contribution is 7.09. The number of thiazole rings is 1. The van der Waals surface area contributed by atoms with Crippen LogP contribution in [0.15, 0.2) is 29.6 Å². The van der Waals surface area contributed by atoms with E-state index in [1.54, 1.807) is 18.4 Å². The molecule has 5 heteroatoms. The van der Waals surface area contributed by atoms with E-state index in [-0.39, 0.29) is 11.7 Å². The molecule has 0 saturated carbocycles. The van der Waals surface area contributed by atoms with E-state index in [0.717, 1.165) is 37.5 Å². The van der Waals surface area contributed by atoms with Crippen molar-refractivity contribution in [2.75, 3.05) is 20.2 Å². The summed E-state index contributed by atoms with van der Waals surface area (Å²) >= 11 is 1.73. The Bertz CT molecular complexity index is 726. The molecule has 2 aromatic rings. The fourth-order valence-corrected chi connectivity index (χ4v) is 4.33. The van der Waals surface area contributed by atoms with Gasteiger partial charge in [0.1, 0.15) is 10.8 Å². The summed E-state index contributed by atoms with van der Waals surface area (Å²) in [6, 6.07) is 7.53. The number of aromatic nitrogens is 1. The predicted octanol–water partition coefficient (Wildman–Crippen LogP) is 4.37. The lowest BCUT2D eigenvalue weighted by Crippen LogP contribution is -2.38. The summed E-state index contributed by atoms with van der Waals surface area (Å²) < 4.78 is 5.36. The highest BCUT2D eigenvalue weighted by Crippen LogP contribution is 2.27. The van der Waals surface area contributed by atoms with E-state index in [1.807, 2.05) is 24.3 Å². The van der Waals surface area contributed by atoms with Gasteiger partial charge >= 0.3 is 0 Å². The number of likely N-dealkylation sites (tertiary alicyclic amines) is 1. The first kappa shape index (κ1) is 18.1. The molecule has 1 aliphatic rings. The first-order valence-corrected chi connectivity index (χ1v) is 9.80. The molecule has 4 nitrogen and oxygen atoms in total. The minimum Gasteiger partial charge on any atom is -0.496 e. The zero-order chi connectivity index (χ0) is 17.8. The Morgan fingerprint density at radius 1 is 1.40 bits per heavy atom. The zero-order valence-corrected chi connectivity index (χ0v) is 16.0. The molecule has 1 aromatic heterocycles. The Balaban J connectivity index is 1.67. The van der Waals surface area contributed by atoms with Crippen LogP contribution in [-0.2, 0) is 6.54 Å². The highest BCUT2D eigenvalue weighted by Gasteiger charge is 2.28. The lowest BCUT2D eigenvalue weighted by Gasteiger charge is -2.31. The van der Waals surface area contributed by atoms with Crippen LogP contribution in [0, 0.1) is 5.92 Å². The van der Waals surface area contributed by atoms with Crippen LogP contribution < -0.4 is 4.74 Å². The van der Waals surface area contributed by atoms with Crippen molar-refractivity contribution in [3.05, 3.63) is 45.9 Å². The molecule has 1 saturated heterocycles. The number of ketones is 1. The second-order valence-corrected chi connectivity index (χ2v) is 7.90. The SMILES string of the molecule is COc1ccccc1C(=O)C1CCCN(Cc2nc(C(C)C)cs2)C1. The van der Waals surface area contributed by atoms with Gasteiger partial charge in [-0.05, 0) is 37.4 Å². The molecule has 0 spiro atoms. The molecule has 1 aromatic carbocycles. The maximum atomic E-state index is 13.0. The molecule has 1 atom stereocenters. The van der Waals surface area contributed by atoms with Gasteiger partial charge < -0.3 is 4.74 Å². The number of carbonyl (C=O) groups is 1. The van der Waals surface area contributed by atoms with Crippen molar-refractivity contribution in [1.29, 1.82) is 0 Å². The minimum atomic E-state index is 0.0366. The summed E-state index contributed by atoms with van der Waals surface area (Å²) in [5.41, 5.74) is 1.87. The molecule has 25 heavy (non-hydrogen) atoms. The fraction of sp³-hybridized carbons (Fsp3) is 0.500. The summed E-state index contributed by atoms with van der Waals surface area (Å²) in [5, 5.41) is 3.30. The Hall–Kier alpha value is -1.72. The fourth-order valence-electron chi connectivity index (χ4n) is 3.34. The van der Waals surface area contributed by atoms with Crippen molar-refractivity contribution in [1.82, 2.24) is 9.88 Å². The molecule has 1 fully saturated rings. The van der Waals surface area contributed by atoms with E-state index in [9.17, 15) is 4.79 Å². The van der Waals surface area contributed by atoms with Gasteiger partial charge in [-0.1, -0.05) is 26.0 Å². The molecule has 0 bridgehead atoms. The van der Waals surface area contributed by atoms with E-state index >= 15 is 0 Å². The van der Waals surface area contributed by atoms with E-state index in [0.29, 0.717) is 17.2 Å². The maximum Gasteiger partial charge on any atom is 0.170 e. The number of hydrogen-bond acceptors (Lipinski definition) is 5. The van der Waals surface area contributed by atoms with Gasteiger partial charge in [0, 0.05) is 17.8 Å². The van der Waals surface area contributed by atoms with Crippen molar-refractivity contribution in [3.63, 3.8) is 0 Å². The largest absolute Gasteiger partial charge is 0.496 e. The van der Waals surface area contributed by atoms with Crippen molar-refractivity contribution >= 4 is 17.1 Å². The van der Waals surface area contributed by atoms with Gasteiger partial charge in [0.2, 0.25) is 0 Å². The van der Waals surface area contributed by atoms with Crippen LogP contribution in [0.1, 0.15) is 53.7 Å². The minimum absolute atomic E-state index is 0.0366. The first-order chi connectivity index (χ1) is 12.1. The molecule has 3 rings (SSSR count). The Labute approximate surface area is 153 Å². The second kappa shape index (κ2) is 8.11. The first-order valence-electron chi connectivity index (χ1n) is 8.92. The van der Waals surface area contributed by atoms with Crippen LogP contribution >= 0.6 is 11.3 Å². The van der Waals surface area contributed by atoms with Gasteiger partial charge in [0.15, 0.2) is 5.78 Å². The van der Waals surface area contributed by atoms with Gasteiger partial charge in [-0.2, -0.15) is 0 Å². The van der Waals surface area contributed by atoms with Crippen LogP contribution in [0.2, 0.25) is 0 Å². The number of carbonyl (C=O) groups excluding carboxylic acids is 1. The molecular weight excluding hydrogens is 332 g/mol. The van der Waals surface area contributed by atoms with Gasteiger partial charge in [0.25, 0.3) is 0 Å². The molecule has 1 aliphatic heterocycles. The van der Waals surface area contributed by atoms with E-state index in [1.165, 1.54) is 5.69 Å². The second-order valence-electron chi connectivity index (χ2n) is 6.96. The molecular formula is C20H26N2O2S. The molecule has 0 aliphatic carbocycles. The number of rotatable bonds is 6. The van der Waals surface area contributed by atoms with Crippen LogP contribution in [-0.4, -0.2) is 35.9 Å². The summed E-state index contributed by atoms with van der Waals surface area (Å²) in [4.78, 5) is 20.0. The molecule has 2 heterocycles. The molecule has 0 N–H and O–H groups in total. The summed E-state index contributed by atoms with van der Waals surface area (Å²) in [5.74, 6) is 1.37. The van der Waals surface area contributed by atoms with Gasteiger partial charge in [-0.3, -0.25) is 9.69 Å². The third-order valence-corrected chi connectivity index (χ3v) is 5.62. The third kappa shape index (κ3) is 4.28. The third-order valence-electron chi connectivity index (χ3n) is 4.77. The van der Waals surface area contributed by atoms with Crippen molar-refractivity contribution in [2.45, 2.75) is 39.2 Å². The van der Waals surface area contributed by atoms with E-state index in [4.69, 9.17) is 9.72 Å². The van der Waals surface area contributed by atoms with E-state index < -0.39 is 0 Å². The number of para-hydroxylation sites is 1. The number of hydrogen-bond donors (Lipinski definition) is 0. The normalized spacial score (nSPS) is 18.5. The monoisotopic (exact) mass is 358 g/mol. The Morgan fingerprint density at radius 2 is 2.20 bits per heavy atom. The van der Waals surface area contributed by atoms with Crippen LogP contribution in [0.4, 0.5) is 0 Å². The van der Waals surface area contributed by atoms with Crippen LogP contribution in [0.25, 0.3) is 0 Å². The number of nitrogens with zero attached hydrogens (tertiary/aromatic N) is 2. The maximum absolute atomic E-state index is 13.0. The van der Waals surface area contributed by atoms with Crippen molar-refractivity contribution in [3.8, 4) is 5.75 Å². The topological polar surface area (TPSA) is 42.4 Å². The summed E-state index contributed by atoms with van der Waals surface area (Å²) in [6.45, 7) is 7.01. The number of benzene rings is 1. The molecule has 0 radical (unpaired) electrons. The number of ether oxygens (including phenoxy) is 1. The van der Waals surface area contributed by atoms with E-state index in [2.05, 4.69) is 24.1 Å². The lowest BCUT2D eigenvalue weighted by molar-refractivity contribution is 0.0808. The van der Waals surface area contributed by atoms with Gasteiger partial charge in [-0.25, -0.2) is 4.98 Å². The van der Waals surface area contributed by atoms with Crippen LogP contribution in [0.3, 0.4) is 0 Å². The summed E-state index contributed by atoms with van der Waals surface area (Å²) in [6.07, 6.45) is 2.00. The average Bonchev–Trinajstić information content (AvgIpc) is 3.10. The number of methoxy groups -OCH3 is 1. The molecule has 0 amide bonds.